The van der Waals surface area contributed by atoms with Crippen molar-refractivity contribution in [2.24, 2.45) is 11.3 Å². The standard InChI is InChI=1S/C15H20O10/c1-7(11(19)23-8(2)16)15(22,13(21)25-10(4)18)14(5,6)12(20)24-9(3)17/h7,22H,1-6H3. The summed E-state index contributed by atoms with van der Waals surface area (Å²) in [5, 5.41) is 10.8. The molecule has 10 nitrogen and oxygen atoms in total. The van der Waals surface area contributed by atoms with E-state index in [9.17, 15) is 33.9 Å². The third-order valence-electron chi connectivity index (χ3n) is 3.47. The van der Waals surface area contributed by atoms with Crippen molar-refractivity contribution in [3.8, 4) is 0 Å². The lowest BCUT2D eigenvalue weighted by Crippen LogP contribution is -2.62. The van der Waals surface area contributed by atoms with Gasteiger partial charge in [-0.15, -0.1) is 0 Å². The van der Waals surface area contributed by atoms with Crippen LogP contribution in [-0.2, 0) is 43.0 Å². The number of hydrogen-bond donors (Lipinski definition) is 1. The van der Waals surface area contributed by atoms with E-state index in [0.29, 0.717) is 0 Å². The van der Waals surface area contributed by atoms with Crippen LogP contribution < -0.4 is 0 Å². The summed E-state index contributed by atoms with van der Waals surface area (Å²) < 4.78 is 13.0. The van der Waals surface area contributed by atoms with Gasteiger partial charge in [0.25, 0.3) is 0 Å². The molecular weight excluding hydrogens is 340 g/mol. The van der Waals surface area contributed by atoms with Crippen molar-refractivity contribution in [2.45, 2.75) is 47.1 Å². The van der Waals surface area contributed by atoms with Crippen LogP contribution in [0.4, 0.5) is 0 Å². The van der Waals surface area contributed by atoms with Crippen LogP contribution in [0.2, 0.25) is 0 Å². The maximum Gasteiger partial charge on any atom is 0.347 e. The van der Waals surface area contributed by atoms with Crippen molar-refractivity contribution >= 4 is 35.8 Å². The lowest BCUT2D eigenvalue weighted by Gasteiger charge is -2.40. The second-order valence-corrected chi connectivity index (χ2v) is 5.79. The Morgan fingerprint density at radius 3 is 1.48 bits per heavy atom. The average molecular weight is 360 g/mol. The summed E-state index contributed by atoms with van der Waals surface area (Å²) in [6.07, 6.45) is 0. The molecule has 2 unspecified atom stereocenters. The largest absolute Gasteiger partial charge is 0.393 e. The van der Waals surface area contributed by atoms with Crippen LogP contribution in [0, 0.1) is 11.3 Å². The molecular formula is C15H20O10. The monoisotopic (exact) mass is 360 g/mol. The zero-order valence-corrected chi connectivity index (χ0v) is 14.7. The SMILES string of the molecule is CC(=O)OC(=O)C(C)C(O)(C(=O)OC(C)=O)C(C)(C)C(=O)OC(C)=O. The highest BCUT2D eigenvalue weighted by Crippen LogP contribution is 2.40. The normalized spacial score (nSPS) is 14.5. The first-order chi connectivity index (χ1) is 11.2. The summed E-state index contributed by atoms with van der Waals surface area (Å²) in [6.45, 7) is 5.66. The molecule has 0 radical (unpaired) electrons. The van der Waals surface area contributed by atoms with E-state index >= 15 is 0 Å². The molecule has 140 valence electrons. The Labute approximate surface area is 143 Å². The van der Waals surface area contributed by atoms with E-state index in [1.807, 2.05) is 0 Å². The maximum atomic E-state index is 12.3. The van der Waals surface area contributed by atoms with Gasteiger partial charge < -0.3 is 19.3 Å². The van der Waals surface area contributed by atoms with Crippen LogP contribution in [0.15, 0.2) is 0 Å². The third kappa shape index (κ3) is 4.92. The van der Waals surface area contributed by atoms with Crippen molar-refractivity contribution in [3.63, 3.8) is 0 Å². The molecule has 0 rings (SSSR count). The Balaban J connectivity index is 6.14. The molecule has 0 spiro atoms. The molecule has 0 fully saturated rings. The van der Waals surface area contributed by atoms with Crippen molar-refractivity contribution in [1.29, 1.82) is 0 Å². The Kier molecular flexibility index (Phi) is 7.13. The van der Waals surface area contributed by atoms with Crippen molar-refractivity contribution in [3.05, 3.63) is 0 Å². The third-order valence-corrected chi connectivity index (χ3v) is 3.47. The van der Waals surface area contributed by atoms with Gasteiger partial charge in [-0.2, -0.15) is 0 Å². The average Bonchev–Trinajstić information content (AvgIpc) is 2.42. The molecule has 0 aliphatic carbocycles. The first-order valence-corrected chi connectivity index (χ1v) is 7.08. The number of hydrogen-bond acceptors (Lipinski definition) is 10. The van der Waals surface area contributed by atoms with Gasteiger partial charge in [0.15, 0.2) is 5.60 Å². The minimum Gasteiger partial charge on any atom is -0.393 e. The van der Waals surface area contributed by atoms with Gasteiger partial charge in [-0.3, -0.25) is 24.0 Å². The van der Waals surface area contributed by atoms with Gasteiger partial charge in [0.2, 0.25) is 0 Å². The van der Waals surface area contributed by atoms with Gasteiger partial charge >= 0.3 is 35.8 Å². The number of esters is 6. The smallest absolute Gasteiger partial charge is 0.347 e. The number of rotatable bonds is 5. The predicted molar refractivity (Wildman–Crippen MR) is 78.2 cm³/mol. The highest BCUT2D eigenvalue weighted by Gasteiger charge is 2.62. The number of aliphatic hydroxyl groups is 1. The summed E-state index contributed by atoms with van der Waals surface area (Å²) >= 11 is 0. The second kappa shape index (κ2) is 7.97. The molecule has 1 N–H and O–H groups in total. The summed E-state index contributed by atoms with van der Waals surface area (Å²) in [4.78, 5) is 69.4. The van der Waals surface area contributed by atoms with Crippen LogP contribution in [0.5, 0.6) is 0 Å². The maximum absolute atomic E-state index is 12.3. The quantitative estimate of drug-likeness (QED) is 0.391. The highest BCUT2D eigenvalue weighted by atomic mass is 16.6. The molecule has 10 heteroatoms. The van der Waals surface area contributed by atoms with Gasteiger partial charge in [-0.05, 0) is 20.8 Å². The minimum atomic E-state index is -2.97. The molecule has 0 saturated heterocycles. The highest BCUT2D eigenvalue weighted by molar-refractivity contribution is 6.00. The fraction of sp³-hybridized carbons (Fsp3) is 0.600. The molecule has 2 atom stereocenters. The first kappa shape index (κ1) is 22.4. The molecule has 0 aliphatic heterocycles. The van der Waals surface area contributed by atoms with Gasteiger partial charge in [0.1, 0.15) is 5.41 Å². The van der Waals surface area contributed by atoms with Crippen LogP contribution in [0.25, 0.3) is 0 Å². The fourth-order valence-corrected chi connectivity index (χ4v) is 2.00. The van der Waals surface area contributed by atoms with Gasteiger partial charge in [-0.1, -0.05) is 0 Å². The Bertz CT molecular complexity index is 618. The van der Waals surface area contributed by atoms with Crippen molar-refractivity contribution in [2.75, 3.05) is 0 Å². The Morgan fingerprint density at radius 2 is 1.12 bits per heavy atom. The zero-order valence-electron chi connectivity index (χ0n) is 14.7. The van der Waals surface area contributed by atoms with Crippen LogP contribution >= 0.6 is 0 Å². The van der Waals surface area contributed by atoms with E-state index in [-0.39, 0.29) is 0 Å². The molecule has 25 heavy (non-hydrogen) atoms. The lowest BCUT2D eigenvalue weighted by molar-refractivity contribution is -0.207. The molecule has 0 bridgehead atoms. The van der Waals surface area contributed by atoms with Gasteiger partial charge in [-0.25, -0.2) is 4.79 Å². The van der Waals surface area contributed by atoms with Gasteiger partial charge in [0, 0.05) is 20.8 Å². The first-order valence-electron chi connectivity index (χ1n) is 7.08. The molecule has 0 aromatic rings. The Hall–Kier alpha value is -2.62. The summed E-state index contributed by atoms with van der Waals surface area (Å²) in [5.74, 6) is -9.34. The van der Waals surface area contributed by atoms with Gasteiger partial charge in [0.05, 0.1) is 5.92 Å². The molecule has 0 aromatic heterocycles. The number of carbonyl (C=O) groups is 6. The van der Waals surface area contributed by atoms with E-state index in [1.54, 1.807) is 0 Å². The topological polar surface area (TPSA) is 150 Å². The molecule has 0 heterocycles. The Morgan fingerprint density at radius 1 is 0.760 bits per heavy atom. The van der Waals surface area contributed by atoms with E-state index in [2.05, 4.69) is 14.2 Å². The number of carbonyl (C=O) groups excluding carboxylic acids is 6. The molecule has 0 aromatic carbocycles. The summed E-state index contributed by atoms with van der Waals surface area (Å²) in [6, 6.07) is 0. The van der Waals surface area contributed by atoms with Crippen LogP contribution in [0.3, 0.4) is 0 Å². The van der Waals surface area contributed by atoms with Crippen molar-refractivity contribution in [1.82, 2.24) is 0 Å². The minimum absolute atomic E-state index is 0.859. The predicted octanol–water partition coefficient (Wildman–Crippen LogP) is -0.351. The second-order valence-electron chi connectivity index (χ2n) is 5.79. The molecule has 0 saturated carbocycles. The summed E-state index contributed by atoms with van der Waals surface area (Å²) in [7, 11) is 0. The number of ether oxygens (including phenoxy) is 3. The van der Waals surface area contributed by atoms with E-state index < -0.39 is 52.7 Å². The van der Waals surface area contributed by atoms with Crippen molar-refractivity contribution < 1.29 is 48.1 Å². The van der Waals surface area contributed by atoms with E-state index in [0.717, 1.165) is 41.5 Å². The fourth-order valence-electron chi connectivity index (χ4n) is 2.00. The summed E-state index contributed by atoms with van der Waals surface area (Å²) in [5.41, 5.74) is -5.20. The van der Waals surface area contributed by atoms with E-state index in [1.165, 1.54) is 0 Å². The van der Waals surface area contributed by atoms with Crippen LogP contribution in [0.1, 0.15) is 41.5 Å². The molecule has 0 amide bonds. The van der Waals surface area contributed by atoms with Crippen LogP contribution in [-0.4, -0.2) is 46.5 Å². The lowest BCUT2D eigenvalue weighted by atomic mass is 9.68. The zero-order chi connectivity index (χ0) is 20.2. The van der Waals surface area contributed by atoms with E-state index in [4.69, 9.17) is 0 Å². The molecule has 0 aliphatic rings.